The molecule has 2 aliphatic rings. The van der Waals surface area contributed by atoms with Gasteiger partial charge in [0.05, 0.1) is 24.3 Å². The zero-order valence-electron chi connectivity index (χ0n) is 20.5. The lowest BCUT2D eigenvalue weighted by molar-refractivity contribution is -0.143. The first-order valence-electron chi connectivity index (χ1n) is 12.1. The summed E-state index contributed by atoms with van der Waals surface area (Å²) in [6.45, 7) is 7.48. The van der Waals surface area contributed by atoms with Crippen LogP contribution in [0.25, 0.3) is 0 Å². The zero-order valence-corrected chi connectivity index (χ0v) is 21.3. The second kappa shape index (κ2) is 11.9. The number of methoxy groups -OCH3 is 1. The number of piperazine rings is 1. The smallest absolute Gasteiger partial charge is 0.305 e. The molecule has 190 valence electrons. The van der Waals surface area contributed by atoms with Crippen molar-refractivity contribution in [2.75, 3.05) is 57.9 Å². The highest BCUT2D eigenvalue weighted by atomic mass is 32.2. The molecule has 9 nitrogen and oxygen atoms in total. The van der Waals surface area contributed by atoms with Crippen LogP contribution in [-0.4, -0.2) is 82.5 Å². The highest BCUT2D eigenvalue weighted by Gasteiger charge is 2.30. The maximum Gasteiger partial charge on any atom is 0.305 e. The Morgan fingerprint density at radius 2 is 1.82 bits per heavy atom. The van der Waals surface area contributed by atoms with Crippen LogP contribution in [0.2, 0.25) is 0 Å². The van der Waals surface area contributed by atoms with Gasteiger partial charge in [0.1, 0.15) is 5.75 Å². The monoisotopic (exact) mass is 495 g/mol. The third kappa shape index (κ3) is 6.41. The van der Waals surface area contributed by atoms with Crippen LogP contribution in [0.3, 0.4) is 0 Å². The number of amides is 1. The summed E-state index contributed by atoms with van der Waals surface area (Å²) in [5, 5.41) is 0. The Kier molecular flexibility index (Phi) is 9.18. The Morgan fingerprint density at radius 3 is 2.47 bits per heavy atom. The molecule has 3 rings (SSSR count). The Morgan fingerprint density at radius 1 is 1.09 bits per heavy atom. The Labute approximate surface area is 203 Å². The summed E-state index contributed by atoms with van der Waals surface area (Å²) in [6.07, 6.45) is 2.95. The lowest BCUT2D eigenvalue weighted by Gasteiger charge is -2.37. The molecule has 1 atom stereocenters. The molecule has 0 N–H and O–H groups in total. The summed E-state index contributed by atoms with van der Waals surface area (Å²) >= 11 is 0. The molecule has 0 spiro atoms. The fourth-order valence-electron chi connectivity index (χ4n) is 4.56. The van der Waals surface area contributed by atoms with E-state index in [1.54, 1.807) is 41.4 Å². The third-order valence-corrected chi connectivity index (χ3v) is 8.32. The number of anilines is 1. The van der Waals surface area contributed by atoms with Crippen molar-refractivity contribution in [1.82, 2.24) is 9.21 Å². The van der Waals surface area contributed by atoms with Gasteiger partial charge in [0.15, 0.2) is 0 Å². The summed E-state index contributed by atoms with van der Waals surface area (Å²) in [4.78, 5) is 28.1. The van der Waals surface area contributed by atoms with E-state index in [9.17, 15) is 18.0 Å². The summed E-state index contributed by atoms with van der Waals surface area (Å²) in [5.41, 5.74) is 0.725. The lowest BCUT2D eigenvalue weighted by Crippen LogP contribution is -2.49. The van der Waals surface area contributed by atoms with Gasteiger partial charge in [-0.05, 0) is 50.3 Å². The Balaban J connectivity index is 1.64. The van der Waals surface area contributed by atoms with Gasteiger partial charge in [0.25, 0.3) is 0 Å². The standard InChI is InChI=1S/C24H37N3O6S/c1-4-33-24(29)9-5-8-23(28)26-15-13-25(14-16-26)21-17-20(10-11-22(21)32-3)34(30,31)27-12-6-7-19(2)18-27/h10-11,17,19H,4-9,12-16,18H2,1-3H3. The van der Waals surface area contributed by atoms with E-state index in [1.165, 1.54) is 0 Å². The second-order valence-corrected chi connectivity index (χ2v) is 10.9. The molecule has 1 unspecified atom stereocenters. The minimum Gasteiger partial charge on any atom is -0.495 e. The molecule has 1 aromatic carbocycles. The normalized spacial score (nSPS) is 19.7. The van der Waals surface area contributed by atoms with Crippen LogP contribution in [0.5, 0.6) is 5.75 Å². The largest absolute Gasteiger partial charge is 0.495 e. The van der Waals surface area contributed by atoms with Crippen LogP contribution in [0, 0.1) is 5.92 Å². The maximum absolute atomic E-state index is 13.3. The zero-order chi connectivity index (χ0) is 24.7. The first kappa shape index (κ1) is 26.3. The molecule has 0 radical (unpaired) electrons. The van der Waals surface area contributed by atoms with E-state index in [0.29, 0.717) is 70.4 Å². The molecule has 1 amide bonds. The fourth-order valence-corrected chi connectivity index (χ4v) is 6.18. The third-order valence-electron chi connectivity index (χ3n) is 6.46. The number of hydrogen-bond acceptors (Lipinski definition) is 7. The van der Waals surface area contributed by atoms with E-state index in [-0.39, 0.29) is 23.2 Å². The number of sulfonamides is 1. The second-order valence-electron chi connectivity index (χ2n) is 8.97. The number of carbonyl (C=O) groups is 2. The highest BCUT2D eigenvalue weighted by Crippen LogP contribution is 2.33. The van der Waals surface area contributed by atoms with Crippen LogP contribution in [0.4, 0.5) is 5.69 Å². The van der Waals surface area contributed by atoms with Gasteiger partial charge < -0.3 is 19.3 Å². The van der Waals surface area contributed by atoms with Crippen molar-refractivity contribution in [3.05, 3.63) is 18.2 Å². The van der Waals surface area contributed by atoms with Crippen LogP contribution >= 0.6 is 0 Å². The topological polar surface area (TPSA) is 96.5 Å². The van der Waals surface area contributed by atoms with Crippen molar-refractivity contribution >= 4 is 27.6 Å². The molecule has 2 heterocycles. The summed E-state index contributed by atoms with van der Waals surface area (Å²) < 4.78 is 38.6. The van der Waals surface area contributed by atoms with Crippen molar-refractivity contribution in [3.63, 3.8) is 0 Å². The van der Waals surface area contributed by atoms with Crippen molar-refractivity contribution in [2.24, 2.45) is 5.92 Å². The first-order valence-corrected chi connectivity index (χ1v) is 13.6. The van der Waals surface area contributed by atoms with Gasteiger partial charge in [-0.2, -0.15) is 4.31 Å². The molecule has 0 aliphatic carbocycles. The Hall–Kier alpha value is -2.33. The summed E-state index contributed by atoms with van der Waals surface area (Å²) in [5.74, 6) is 0.705. The van der Waals surface area contributed by atoms with E-state index in [4.69, 9.17) is 9.47 Å². The molecular weight excluding hydrogens is 458 g/mol. The van der Waals surface area contributed by atoms with E-state index in [2.05, 4.69) is 11.8 Å². The minimum absolute atomic E-state index is 0.0199. The number of carbonyl (C=O) groups excluding carboxylic acids is 2. The average molecular weight is 496 g/mol. The molecule has 1 aromatic rings. The van der Waals surface area contributed by atoms with E-state index >= 15 is 0 Å². The SMILES string of the molecule is CCOC(=O)CCCC(=O)N1CCN(c2cc(S(=O)(=O)N3CCCC(C)C3)ccc2OC)CC1. The van der Waals surface area contributed by atoms with Gasteiger partial charge in [0, 0.05) is 52.1 Å². The molecule has 10 heteroatoms. The van der Waals surface area contributed by atoms with Crippen molar-refractivity contribution < 1.29 is 27.5 Å². The van der Waals surface area contributed by atoms with Crippen molar-refractivity contribution in [1.29, 1.82) is 0 Å². The van der Waals surface area contributed by atoms with Crippen LogP contribution in [0.1, 0.15) is 46.0 Å². The molecule has 0 aromatic heterocycles. The number of ether oxygens (including phenoxy) is 2. The van der Waals surface area contributed by atoms with E-state index < -0.39 is 10.0 Å². The number of rotatable bonds is 9. The predicted octanol–water partition coefficient (Wildman–Crippen LogP) is 2.50. The summed E-state index contributed by atoms with van der Waals surface area (Å²) in [6, 6.07) is 5.02. The predicted molar refractivity (Wildman–Crippen MR) is 129 cm³/mol. The highest BCUT2D eigenvalue weighted by molar-refractivity contribution is 7.89. The number of piperidine rings is 1. The van der Waals surface area contributed by atoms with E-state index in [1.807, 2.05) is 0 Å². The fraction of sp³-hybridized carbons (Fsp3) is 0.667. The molecule has 2 fully saturated rings. The van der Waals surface area contributed by atoms with Crippen molar-refractivity contribution in [2.45, 2.75) is 50.8 Å². The number of benzene rings is 1. The minimum atomic E-state index is -3.58. The van der Waals surface area contributed by atoms with Gasteiger partial charge in [-0.1, -0.05) is 6.92 Å². The van der Waals surface area contributed by atoms with Crippen LogP contribution < -0.4 is 9.64 Å². The molecule has 34 heavy (non-hydrogen) atoms. The summed E-state index contributed by atoms with van der Waals surface area (Å²) in [7, 11) is -2.01. The number of esters is 1. The van der Waals surface area contributed by atoms with E-state index in [0.717, 1.165) is 18.5 Å². The molecule has 0 saturated carbocycles. The van der Waals surface area contributed by atoms with Crippen molar-refractivity contribution in [3.8, 4) is 5.75 Å². The quantitative estimate of drug-likeness (QED) is 0.486. The van der Waals surface area contributed by atoms with Gasteiger partial charge in [-0.25, -0.2) is 8.42 Å². The lowest BCUT2D eigenvalue weighted by atomic mass is 10.0. The molecular formula is C24H37N3O6S. The van der Waals surface area contributed by atoms with Crippen LogP contribution in [0.15, 0.2) is 23.1 Å². The average Bonchev–Trinajstić information content (AvgIpc) is 2.83. The van der Waals surface area contributed by atoms with Gasteiger partial charge in [0.2, 0.25) is 15.9 Å². The van der Waals surface area contributed by atoms with Gasteiger partial charge in [-0.15, -0.1) is 0 Å². The maximum atomic E-state index is 13.3. The molecule has 2 saturated heterocycles. The van der Waals surface area contributed by atoms with Gasteiger partial charge in [-0.3, -0.25) is 9.59 Å². The number of hydrogen-bond donors (Lipinski definition) is 0. The molecule has 2 aliphatic heterocycles. The van der Waals surface area contributed by atoms with Gasteiger partial charge >= 0.3 is 5.97 Å². The number of nitrogens with zero attached hydrogens (tertiary/aromatic N) is 3. The Bertz CT molecular complexity index is 959. The first-order chi connectivity index (χ1) is 16.3. The van der Waals surface area contributed by atoms with Crippen LogP contribution in [-0.2, 0) is 24.3 Å². The molecule has 0 bridgehead atoms.